The molecule has 0 spiro atoms. The molecule has 0 fully saturated rings. The summed E-state index contributed by atoms with van der Waals surface area (Å²) in [7, 11) is 6.10. The Hall–Kier alpha value is 0.658. The second-order valence-corrected chi connectivity index (χ2v) is 12.8. The van der Waals surface area contributed by atoms with Gasteiger partial charge in [0.1, 0.15) is 0 Å². The van der Waals surface area contributed by atoms with Crippen molar-refractivity contribution in [3.05, 3.63) is 0 Å². The van der Waals surface area contributed by atoms with E-state index >= 15 is 0 Å². The van der Waals surface area contributed by atoms with Crippen LogP contribution in [0, 0.1) is 0 Å². The minimum atomic E-state index is -3.92. The third kappa shape index (κ3) is 1.83. The van der Waals surface area contributed by atoms with Crippen LogP contribution in [0.1, 0.15) is 0 Å². The quantitative estimate of drug-likeness (QED) is 0.694. The van der Waals surface area contributed by atoms with Gasteiger partial charge in [-0.05, 0) is 0 Å². The average molecular weight is 261 g/mol. The van der Waals surface area contributed by atoms with Crippen LogP contribution in [0.5, 0.6) is 0 Å². The van der Waals surface area contributed by atoms with Gasteiger partial charge in [0.2, 0.25) is 0 Å². The molecule has 0 saturated carbocycles. The molecule has 0 amide bonds. The second kappa shape index (κ2) is 3.37. The molecule has 0 aromatic rings. The summed E-state index contributed by atoms with van der Waals surface area (Å²) in [5.74, 6) is 0. The molecule has 0 N–H and O–H groups in total. The molecule has 5 heteroatoms. The molecule has 0 aliphatic rings. The first-order valence-electron chi connectivity index (χ1n) is 2.81. The Morgan fingerprint density at radius 3 is 0.900 bits per heavy atom. The summed E-state index contributed by atoms with van der Waals surface area (Å²) in [4.78, 5) is 1.74. The SMILES string of the molecule is C[O][Sb]([CH3])([O]C)([O]C)[O]C. The second-order valence-electron chi connectivity index (χ2n) is 1.91. The minimum absolute atomic E-state index is 1.53. The van der Waals surface area contributed by atoms with E-state index in [1.165, 1.54) is 28.4 Å². The van der Waals surface area contributed by atoms with E-state index in [4.69, 9.17) is 12.1 Å². The van der Waals surface area contributed by atoms with Gasteiger partial charge in [0.25, 0.3) is 0 Å². The Kier molecular flexibility index (Phi) is 3.59. The van der Waals surface area contributed by atoms with Crippen molar-refractivity contribution in [1.82, 2.24) is 0 Å². The molecule has 0 rings (SSSR count). The van der Waals surface area contributed by atoms with E-state index in [2.05, 4.69) is 0 Å². The normalized spacial score (nSPS) is 16.3. The molecular weight excluding hydrogens is 246 g/mol. The van der Waals surface area contributed by atoms with Gasteiger partial charge in [-0.15, -0.1) is 0 Å². The zero-order chi connectivity index (χ0) is 8.28. The first kappa shape index (κ1) is 10.7. The number of hydrogen-bond acceptors (Lipinski definition) is 4. The zero-order valence-electron chi connectivity index (χ0n) is 7.08. The van der Waals surface area contributed by atoms with Crippen LogP contribution in [0.25, 0.3) is 0 Å². The van der Waals surface area contributed by atoms with E-state index in [9.17, 15) is 0 Å². The van der Waals surface area contributed by atoms with Crippen molar-refractivity contribution < 1.29 is 12.1 Å². The fourth-order valence-electron chi connectivity index (χ4n) is 0.447. The van der Waals surface area contributed by atoms with Gasteiger partial charge in [0.05, 0.1) is 0 Å². The van der Waals surface area contributed by atoms with Crippen molar-refractivity contribution in [2.45, 2.75) is 4.87 Å². The third-order valence-corrected chi connectivity index (χ3v) is 10.9. The number of hydrogen-bond donors (Lipinski definition) is 0. The molecule has 0 aromatic carbocycles. The van der Waals surface area contributed by atoms with Crippen molar-refractivity contribution in [1.29, 1.82) is 0 Å². The Bertz CT molecular complexity index is 88.7. The zero-order valence-corrected chi connectivity index (χ0v) is 9.63. The molecule has 0 heterocycles. The van der Waals surface area contributed by atoms with Crippen LogP contribution in [-0.4, -0.2) is 47.5 Å². The van der Waals surface area contributed by atoms with Gasteiger partial charge < -0.3 is 0 Å². The Labute approximate surface area is 64.7 Å². The predicted molar refractivity (Wildman–Crippen MR) is 39.7 cm³/mol. The molecular formula is C5H15O4Sb. The molecule has 0 aromatic heterocycles. The summed E-state index contributed by atoms with van der Waals surface area (Å²) in [5.41, 5.74) is 0. The van der Waals surface area contributed by atoms with Crippen molar-refractivity contribution in [2.75, 3.05) is 28.4 Å². The molecule has 10 heavy (non-hydrogen) atoms. The van der Waals surface area contributed by atoms with Crippen LogP contribution in [0.2, 0.25) is 4.87 Å². The third-order valence-electron chi connectivity index (χ3n) is 1.62. The predicted octanol–water partition coefficient (Wildman–Crippen LogP) is 0.591. The van der Waals surface area contributed by atoms with Crippen molar-refractivity contribution in [3.8, 4) is 0 Å². The monoisotopic (exact) mass is 260 g/mol. The van der Waals surface area contributed by atoms with Gasteiger partial charge in [-0.25, -0.2) is 0 Å². The Balaban J connectivity index is 4.42. The first-order valence-corrected chi connectivity index (χ1v) is 9.53. The summed E-state index contributed by atoms with van der Waals surface area (Å²) in [6.07, 6.45) is 0. The fraction of sp³-hybridized carbons (Fsp3) is 1.00. The van der Waals surface area contributed by atoms with Crippen LogP contribution in [0.4, 0.5) is 0 Å². The molecule has 0 bridgehead atoms. The van der Waals surface area contributed by atoms with Crippen LogP contribution >= 0.6 is 0 Å². The molecule has 64 valence electrons. The van der Waals surface area contributed by atoms with Crippen molar-refractivity contribution in [3.63, 3.8) is 0 Å². The summed E-state index contributed by atoms with van der Waals surface area (Å²) in [5, 5.41) is 0. The van der Waals surface area contributed by atoms with Crippen LogP contribution < -0.4 is 0 Å². The molecule has 0 atom stereocenters. The van der Waals surface area contributed by atoms with E-state index in [-0.39, 0.29) is 0 Å². The maximum atomic E-state index is 5.11. The molecule has 0 saturated heterocycles. The first-order chi connectivity index (χ1) is 4.54. The molecule has 0 unspecified atom stereocenters. The van der Waals surface area contributed by atoms with Crippen LogP contribution in [-0.2, 0) is 12.1 Å². The topological polar surface area (TPSA) is 36.9 Å². The van der Waals surface area contributed by atoms with Crippen molar-refractivity contribution in [2.24, 2.45) is 0 Å². The van der Waals surface area contributed by atoms with Crippen LogP contribution in [0.15, 0.2) is 0 Å². The van der Waals surface area contributed by atoms with Gasteiger partial charge in [-0.1, -0.05) is 0 Å². The van der Waals surface area contributed by atoms with E-state index in [0.717, 1.165) is 0 Å². The molecule has 4 nitrogen and oxygen atoms in total. The Morgan fingerprint density at radius 1 is 0.700 bits per heavy atom. The van der Waals surface area contributed by atoms with Gasteiger partial charge >= 0.3 is 64.4 Å². The summed E-state index contributed by atoms with van der Waals surface area (Å²) < 4.78 is 20.4. The van der Waals surface area contributed by atoms with E-state index in [0.29, 0.717) is 0 Å². The van der Waals surface area contributed by atoms with E-state index < -0.39 is 19.1 Å². The van der Waals surface area contributed by atoms with Gasteiger partial charge in [-0.3, -0.25) is 0 Å². The average Bonchev–Trinajstić information content (AvgIpc) is 2.04. The molecule has 0 aliphatic carbocycles. The molecule has 0 aliphatic heterocycles. The van der Waals surface area contributed by atoms with E-state index in [1.54, 1.807) is 4.87 Å². The van der Waals surface area contributed by atoms with Gasteiger partial charge in [-0.2, -0.15) is 0 Å². The van der Waals surface area contributed by atoms with Gasteiger partial charge in [0.15, 0.2) is 0 Å². The van der Waals surface area contributed by atoms with E-state index in [1.807, 2.05) is 0 Å². The summed E-state index contributed by atoms with van der Waals surface area (Å²) in [6, 6.07) is 0. The van der Waals surface area contributed by atoms with Crippen molar-refractivity contribution >= 4 is 19.1 Å². The molecule has 0 radical (unpaired) electrons. The van der Waals surface area contributed by atoms with Crippen LogP contribution in [0.3, 0.4) is 0 Å². The maximum absolute atomic E-state index is 5.11. The Morgan fingerprint density at radius 2 is 0.900 bits per heavy atom. The fourth-order valence-corrected chi connectivity index (χ4v) is 3.00. The number of rotatable bonds is 4. The summed E-state index contributed by atoms with van der Waals surface area (Å²) >= 11 is -3.92. The standard InChI is InChI=1S/4CH3O.CH3.Sb/c4*1-2;;/h4*1H3;1H3;/q4*-1;;+4. The summed E-state index contributed by atoms with van der Waals surface area (Å²) in [6.45, 7) is 0. The van der Waals surface area contributed by atoms with Gasteiger partial charge in [0, 0.05) is 0 Å².